The second-order valence-electron chi connectivity index (χ2n) is 10.3. The zero-order chi connectivity index (χ0) is 24.6. The lowest BCUT2D eigenvalue weighted by atomic mass is 9.87. The van der Waals surface area contributed by atoms with Crippen molar-refractivity contribution in [3.63, 3.8) is 0 Å². The minimum atomic E-state index is -0.786. The number of unbranched alkanes of at least 4 members (excludes halogenated alkanes) is 6. The lowest BCUT2D eigenvalue weighted by molar-refractivity contribution is -0.147. The summed E-state index contributed by atoms with van der Waals surface area (Å²) in [6.07, 6.45) is 11.0. The molecule has 0 bridgehead atoms. The molecule has 0 saturated heterocycles. The standard InChI is InChI=1S/C26H40O7/c1-25(2,23(30)31)13-9-5-3-7-11-18-17-19(21(28)22(29)20(18)27)12-8-4-6-10-14-26(15-16-26)24(32)33/h17,27-29H,3-16H2,1-2H3,(H,30,31)(H,32,33). The number of aromatic hydroxyl groups is 3. The predicted octanol–water partition coefficient (Wildman–Crippen LogP) is 5.77. The number of carboxylic acid groups (broad SMARTS) is 2. The highest BCUT2D eigenvalue weighted by Gasteiger charge is 2.49. The maximum atomic E-state index is 11.2. The van der Waals surface area contributed by atoms with Crippen molar-refractivity contribution in [3.05, 3.63) is 17.2 Å². The predicted molar refractivity (Wildman–Crippen MR) is 126 cm³/mol. The van der Waals surface area contributed by atoms with Crippen LogP contribution in [-0.4, -0.2) is 37.5 Å². The summed E-state index contributed by atoms with van der Waals surface area (Å²) >= 11 is 0. The number of benzene rings is 1. The third kappa shape index (κ3) is 7.54. The van der Waals surface area contributed by atoms with E-state index in [0.717, 1.165) is 70.6 Å². The summed E-state index contributed by atoms with van der Waals surface area (Å²) in [6.45, 7) is 3.46. The van der Waals surface area contributed by atoms with Crippen LogP contribution in [0.15, 0.2) is 6.07 Å². The number of phenolic OH excluding ortho intramolecular Hbond substituents is 3. The van der Waals surface area contributed by atoms with E-state index in [2.05, 4.69) is 0 Å². The number of carbonyl (C=O) groups is 2. The van der Waals surface area contributed by atoms with Gasteiger partial charge in [-0.05, 0) is 82.4 Å². The molecule has 1 aromatic rings. The molecule has 5 N–H and O–H groups in total. The molecule has 1 saturated carbocycles. The molecule has 0 spiro atoms. The molecule has 1 aliphatic rings. The van der Waals surface area contributed by atoms with Crippen LogP contribution in [0.2, 0.25) is 0 Å². The van der Waals surface area contributed by atoms with Crippen LogP contribution in [-0.2, 0) is 22.4 Å². The van der Waals surface area contributed by atoms with Gasteiger partial charge in [-0.25, -0.2) is 0 Å². The normalized spacial score (nSPS) is 14.8. The summed E-state index contributed by atoms with van der Waals surface area (Å²) in [7, 11) is 0. The first kappa shape index (κ1) is 26.8. The monoisotopic (exact) mass is 464 g/mol. The Bertz CT molecular complexity index is 772. The fraction of sp³-hybridized carbons (Fsp3) is 0.692. The van der Waals surface area contributed by atoms with Crippen LogP contribution in [0, 0.1) is 10.8 Å². The molecule has 0 heterocycles. The average Bonchev–Trinajstić information content (AvgIpc) is 3.55. The van der Waals surface area contributed by atoms with Gasteiger partial charge in [-0.15, -0.1) is 0 Å². The van der Waals surface area contributed by atoms with Gasteiger partial charge < -0.3 is 25.5 Å². The van der Waals surface area contributed by atoms with Crippen LogP contribution >= 0.6 is 0 Å². The van der Waals surface area contributed by atoms with Gasteiger partial charge in [0, 0.05) is 0 Å². The van der Waals surface area contributed by atoms with Gasteiger partial charge in [-0.1, -0.05) is 38.5 Å². The molecule has 0 radical (unpaired) electrons. The first-order valence-electron chi connectivity index (χ1n) is 12.2. The van der Waals surface area contributed by atoms with E-state index < -0.39 is 28.5 Å². The molecule has 7 heteroatoms. The van der Waals surface area contributed by atoms with Crippen molar-refractivity contribution in [1.29, 1.82) is 0 Å². The highest BCUT2D eigenvalue weighted by Crippen LogP contribution is 2.50. The van der Waals surface area contributed by atoms with Gasteiger partial charge in [0.1, 0.15) is 0 Å². The number of carboxylic acids is 2. The maximum absolute atomic E-state index is 11.2. The molecule has 186 valence electrons. The van der Waals surface area contributed by atoms with Crippen molar-refractivity contribution in [1.82, 2.24) is 0 Å². The van der Waals surface area contributed by atoms with E-state index in [-0.39, 0.29) is 11.5 Å². The minimum absolute atomic E-state index is 0.269. The van der Waals surface area contributed by atoms with E-state index in [1.54, 1.807) is 19.9 Å². The molecule has 0 amide bonds. The molecule has 0 aromatic heterocycles. The minimum Gasteiger partial charge on any atom is -0.504 e. The Morgan fingerprint density at radius 1 is 0.788 bits per heavy atom. The molecular formula is C26H40O7. The molecule has 0 aliphatic heterocycles. The van der Waals surface area contributed by atoms with Gasteiger partial charge in [0.15, 0.2) is 11.5 Å². The second-order valence-corrected chi connectivity index (χ2v) is 10.3. The van der Waals surface area contributed by atoms with Crippen LogP contribution < -0.4 is 0 Å². The second kappa shape index (κ2) is 11.6. The van der Waals surface area contributed by atoms with E-state index in [0.29, 0.717) is 30.4 Å². The Kier molecular flexibility index (Phi) is 9.44. The van der Waals surface area contributed by atoms with Crippen LogP contribution in [0.4, 0.5) is 0 Å². The van der Waals surface area contributed by atoms with Gasteiger partial charge in [0.25, 0.3) is 0 Å². The molecule has 7 nitrogen and oxygen atoms in total. The molecule has 2 rings (SSSR count). The van der Waals surface area contributed by atoms with E-state index in [1.807, 2.05) is 0 Å². The van der Waals surface area contributed by atoms with Gasteiger partial charge in [-0.3, -0.25) is 9.59 Å². The SMILES string of the molecule is CC(C)(CCCCCCc1cc(CCCCCCC2(C(=O)O)CC2)c(O)c(O)c1O)C(=O)O. The van der Waals surface area contributed by atoms with Crippen molar-refractivity contribution < 1.29 is 35.1 Å². The number of phenols is 3. The summed E-state index contributed by atoms with van der Waals surface area (Å²) < 4.78 is 0. The molecule has 33 heavy (non-hydrogen) atoms. The Balaban J connectivity index is 1.74. The zero-order valence-electron chi connectivity index (χ0n) is 20.0. The Hall–Kier alpha value is -2.44. The molecule has 1 aliphatic carbocycles. The smallest absolute Gasteiger partial charge is 0.309 e. The number of aryl methyl sites for hydroxylation is 2. The Morgan fingerprint density at radius 2 is 1.27 bits per heavy atom. The van der Waals surface area contributed by atoms with Crippen LogP contribution in [0.1, 0.15) is 102 Å². The third-order valence-corrected chi connectivity index (χ3v) is 7.14. The number of hydrogen-bond donors (Lipinski definition) is 5. The maximum Gasteiger partial charge on any atom is 0.309 e. The summed E-state index contributed by atoms with van der Waals surface area (Å²) in [6, 6.07) is 1.77. The van der Waals surface area contributed by atoms with Gasteiger partial charge in [0.2, 0.25) is 5.75 Å². The Labute approximate surface area is 196 Å². The van der Waals surface area contributed by atoms with E-state index >= 15 is 0 Å². The van der Waals surface area contributed by atoms with Crippen molar-refractivity contribution in [2.75, 3.05) is 0 Å². The molecule has 1 aromatic carbocycles. The lowest BCUT2D eigenvalue weighted by Gasteiger charge is -2.18. The van der Waals surface area contributed by atoms with Gasteiger partial charge >= 0.3 is 11.9 Å². The highest BCUT2D eigenvalue weighted by molar-refractivity contribution is 5.77. The largest absolute Gasteiger partial charge is 0.504 e. The van der Waals surface area contributed by atoms with E-state index in [4.69, 9.17) is 5.11 Å². The number of rotatable bonds is 16. The van der Waals surface area contributed by atoms with Crippen molar-refractivity contribution in [3.8, 4) is 17.2 Å². The number of aliphatic carboxylic acids is 2. The van der Waals surface area contributed by atoms with E-state index in [1.165, 1.54) is 0 Å². The number of hydrogen-bond acceptors (Lipinski definition) is 5. The van der Waals surface area contributed by atoms with Crippen LogP contribution in [0.25, 0.3) is 0 Å². The van der Waals surface area contributed by atoms with Crippen molar-refractivity contribution in [2.24, 2.45) is 10.8 Å². The quantitative estimate of drug-likeness (QED) is 0.155. The molecular weight excluding hydrogens is 424 g/mol. The van der Waals surface area contributed by atoms with Crippen LogP contribution in [0.3, 0.4) is 0 Å². The summed E-state index contributed by atoms with van der Waals surface area (Å²) in [5.41, 5.74) is 0.0458. The van der Waals surface area contributed by atoms with Crippen molar-refractivity contribution >= 4 is 11.9 Å². The zero-order valence-corrected chi connectivity index (χ0v) is 20.0. The molecule has 0 atom stereocenters. The topological polar surface area (TPSA) is 135 Å². The first-order chi connectivity index (χ1) is 15.5. The van der Waals surface area contributed by atoms with Crippen LogP contribution in [0.5, 0.6) is 17.2 Å². The van der Waals surface area contributed by atoms with Gasteiger partial charge in [0.05, 0.1) is 10.8 Å². The fourth-order valence-corrected chi connectivity index (χ4v) is 4.34. The fourth-order valence-electron chi connectivity index (χ4n) is 4.34. The van der Waals surface area contributed by atoms with Crippen molar-refractivity contribution in [2.45, 2.75) is 104 Å². The Morgan fingerprint density at radius 3 is 1.73 bits per heavy atom. The molecule has 0 unspecified atom stereocenters. The average molecular weight is 465 g/mol. The third-order valence-electron chi connectivity index (χ3n) is 7.14. The molecule has 1 fully saturated rings. The first-order valence-corrected chi connectivity index (χ1v) is 12.2. The summed E-state index contributed by atoms with van der Waals surface area (Å²) in [5.74, 6) is -2.47. The summed E-state index contributed by atoms with van der Waals surface area (Å²) in [5, 5.41) is 49.0. The summed E-state index contributed by atoms with van der Waals surface area (Å²) in [4.78, 5) is 22.4. The van der Waals surface area contributed by atoms with Gasteiger partial charge in [-0.2, -0.15) is 0 Å². The van der Waals surface area contributed by atoms with E-state index in [9.17, 15) is 30.0 Å². The highest BCUT2D eigenvalue weighted by atomic mass is 16.4. The lowest BCUT2D eigenvalue weighted by Crippen LogP contribution is -2.23.